The highest BCUT2D eigenvalue weighted by molar-refractivity contribution is 5.85. The molecule has 0 spiro atoms. The van der Waals surface area contributed by atoms with Gasteiger partial charge < -0.3 is 13.9 Å². The number of imidazole rings is 2. The number of hydrogen-bond donors (Lipinski definition) is 0. The number of aryl methyl sites for hydroxylation is 1. The smallest absolute Gasteiger partial charge is 0.105 e. The highest BCUT2D eigenvalue weighted by atomic mass is 35.5. The molecule has 0 fully saturated rings. The minimum absolute atomic E-state index is 0. The summed E-state index contributed by atoms with van der Waals surface area (Å²) in [4.78, 5) is 8.72. The van der Waals surface area contributed by atoms with E-state index in [1.165, 1.54) is 11.1 Å². The van der Waals surface area contributed by atoms with Crippen LogP contribution < -0.4 is 0 Å². The van der Waals surface area contributed by atoms with Gasteiger partial charge in [-0.3, -0.25) is 0 Å². The zero-order valence-corrected chi connectivity index (χ0v) is 13.1. The lowest BCUT2D eigenvalue weighted by atomic mass is 10.1. The fourth-order valence-electron chi connectivity index (χ4n) is 2.65. The Balaban J connectivity index is 0.00000144. The van der Waals surface area contributed by atoms with Gasteiger partial charge in [-0.15, -0.1) is 12.4 Å². The molecule has 0 saturated carbocycles. The van der Waals surface area contributed by atoms with Crippen molar-refractivity contribution in [2.45, 2.75) is 26.7 Å². The number of halogens is 1. The third-order valence-corrected chi connectivity index (χ3v) is 3.90. The molecule has 6 heteroatoms. The fraction of sp³-hybridized carbons (Fsp3) is 0.250. The molecule has 1 aromatic carbocycles. The summed E-state index contributed by atoms with van der Waals surface area (Å²) in [5.74, 6) is 0.999. The maximum atomic E-state index is 5.46. The molecule has 114 valence electrons. The predicted molar refractivity (Wildman–Crippen MR) is 85.4 cm³/mol. The largest absolute Gasteiger partial charge is 0.372 e. The Morgan fingerprint density at radius 3 is 2.86 bits per heavy atom. The van der Waals surface area contributed by atoms with Crippen molar-refractivity contribution in [3.8, 4) is 5.69 Å². The molecular formula is C16H17ClN4O. The number of ether oxygens (including phenoxy) is 1. The lowest BCUT2D eigenvalue weighted by Crippen LogP contribution is -2.01. The van der Waals surface area contributed by atoms with Crippen LogP contribution in [0.4, 0.5) is 0 Å². The van der Waals surface area contributed by atoms with Gasteiger partial charge in [0.1, 0.15) is 5.82 Å². The van der Waals surface area contributed by atoms with Crippen LogP contribution >= 0.6 is 12.4 Å². The Bertz CT molecular complexity index is 793. The summed E-state index contributed by atoms with van der Waals surface area (Å²) in [6.07, 6.45) is 7.71. The molecule has 0 aliphatic carbocycles. The van der Waals surface area contributed by atoms with E-state index in [4.69, 9.17) is 4.74 Å². The predicted octanol–water partition coefficient (Wildman–Crippen LogP) is 2.88. The lowest BCUT2D eigenvalue weighted by Gasteiger charge is -2.04. The van der Waals surface area contributed by atoms with Crippen LogP contribution in [0, 0.1) is 6.92 Å². The van der Waals surface area contributed by atoms with E-state index in [1.807, 2.05) is 25.6 Å². The van der Waals surface area contributed by atoms with E-state index in [0.29, 0.717) is 6.61 Å². The zero-order valence-electron chi connectivity index (χ0n) is 12.3. The van der Waals surface area contributed by atoms with E-state index in [0.717, 1.165) is 30.4 Å². The molecule has 5 nitrogen and oxygen atoms in total. The number of benzene rings is 1. The molecule has 3 heterocycles. The third-order valence-electron chi connectivity index (χ3n) is 3.90. The quantitative estimate of drug-likeness (QED) is 0.746. The minimum atomic E-state index is 0. The average Bonchev–Trinajstić information content (AvgIpc) is 3.20. The molecule has 0 atom stereocenters. The van der Waals surface area contributed by atoms with Crippen molar-refractivity contribution in [1.82, 2.24) is 19.1 Å². The molecule has 3 aromatic rings. The number of hydrogen-bond acceptors (Lipinski definition) is 3. The van der Waals surface area contributed by atoms with Crippen molar-refractivity contribution in [2.75, 3.05) is 0 Å². The molecule has 22 heavy (non-hydrogen) atoms. The standard InChI is InChI=1S/C16H16N4O.ClH/c1-12-17-4-5-19(12)7-15-8-20(11-18-15)16-3-2-13-9-21-10-14(13)6-16;/h2-6,8,11H,7,9-10H2,1H3;1H. The van der Waals surface area contributed by atoms with Gasteiger partial charge in [0.2, 0.25) is 0 Å². The number of aromatic nitrogens is 4. The van der Waals surface area contributed by atoms with Gasteiger partial charge in [0, 0.05) is 24.3 Å². The topological polar surface area (TPSA) is 44.9 Å². The summed E-state index contributed by atoms with van der Waals surface area (Å²) in [6.45, 7) is 4.17. The van der Waals surface area contributed by atoms with E-state index < -0.39 is 0 Å². The van der Waals surface area contributed by atoms with Gasteiger partial charge in [0.15, 0.2) is 0 Å². The second-order valence-corrected chi connectivity index (χ2v) is 5.32. The summed E-state index contributed by atoms with van der Waals surface area (Å²) in [6, 6.07) is 6.43. The van der Waals surface area contributed by atoms with Crippen molar-refractivity contribution in [3.63, 3.8) is 0 Å². The van der Waals surface area contributed by atoms with Gasteiger partial charge in [-0.05, 0) is 30.2 Å². The van der Waals surface area contributed by atoms with Crippen molar-refractivity contribution in [3.05, 3.63) is 65.8 Å². The molecule has 2 aromatic heterocycles. The Morgan fingerprint density at radius 1 is 1.18 bits per heavy atom. The summed E-state index contributed by atoms with van der Waals surface area (Å²) >= 11 is 0. The Kier molecular flexibility index (Phi) is 4.00. The van der Waals surface area contributed by atoms with Crippen molar-refractivity contribution in [1.29, 1.82) is 0 Å². The summed E-state index contributed by atoms with van der Waals surface area (Å²) < 4.78 is 9.60. The SMILES string of the molecule is Cc1nccn1Cc1cn(-c2ccc3c(c2)COC3)cn1.Cl. The Hall–Kier alpha value is -2.11. The van der Waals surface area contributed by atoms with E-state index >= 15 is 0 Å². The molecule has 4 rings (SSSR count). The van der Waals surface area contributed by atoms with Crippen LogP contribution in [0.1, 0.15) is 22.6 Å². The van der Waals surface area contributed by atoms with Gasteiger partial charge in [0.25, 0.3) is 0 Å². The summed E-state index contributed by atoms with van der Waals surface area (Å²) in [5.41, 5.74) is 4.70. The fourth-order valence-corrected chi connectivity index (χ4v) is 2.65. The van der Waals surface area contributed by atoms with Crippen LogP contribution in [-0.2, 0) is 24.5 Å². The normalized spacial score (nSPS) is 13.0. The van der Waals surface area contributed by atoms with Crippen molar-refractivity contribution < 1.29 is 4.74 Å². The molecule has 0 bridgehead atoms. The first-order chi connectivity index (χ1) is 10.3. The number of fused-ring (bicyclic) bond motifs is 1. The van der Waals surface area contributed by atoms with E-state index in [9.17, 15) is 0 Å². The van der Waals surface area contributed by atoms with Crippen LogP contribution in [0.3, 0.4) is 0 Å². The molecule has 1 aliphatic rings. The molecule has 1 aliphatic heterocycles. The second kappa shape index (κ2) is 5.94. The van der Waals surface area contributed by atoms with Crippen LogP contribution in [0.15, 0.2) is 43.1 Å². The number of nitrogens with zero attached hydrogens (tertiary/aromatic N) is 4. The third kappa shape index (κ3) is 2.65. The molecule has 0 unspecified atom stereocenters. The summed E-state index contributed by atoms with van der Waals surface area (Å²) in [7, 11) is 0. The average molecular weight is 317 g/mol. The van der Waals surface area contributed by atoms with Gasteiger partial charge in [-0.1, -0.05) is 6.07 Å². The van der Waals surface area contributed by atoms with Crippen LogP contribution in [0.25, 0.3) is 5.69 Å². The van der Waals surface area contributed by atoms with Gasteiger partial charge in [0.05, 0.1) is 31.8 Å². The second-order valence-electron chi connectivity index (χ2n) is 5.32. The monoisotopic (exact) mass is 316 g/mol. The zero-order chi connectivity index (χ0) is 14.2. The first-order valence-corrected chi connectivity index (χ1v) is 7.00. The van der Waals surface area contributed by atoms with Gasteiger partial charge in [-0.2, -0.15) is 0 Å². The van der Waals surface area contributed by atoms with Crippen molar-refractivity contribution >= 4 is 12.4 Å². The maximum absolute atomic E-state index is 5.46. The van der Waals surface area contributed by atoms with Crippen molar-refractivity contribution in [2.24, 2.45) is 0 Å². The summed E-state index contributed by atoms with van der Waals surface area (Å²) in [5, 5.41) is 0. The van der Waals surface area contributed by atoms with Crippen LogP contribution in [0.5, 0.6) is 0 Å². The molecule has 0 N–H and O–H groups in total. The highest BCUT2D eigenvalue weighted by Gasteiger charge is 2.12. The minimum Gasteiger partial charge on any atom is -0.372 e. The maximum Gasteiger partial charge on any atom is 0.105 e. The van der Waals surface area contributed by atoms with Crippen LogP contribution in [-0.4, -0.2) is 19.1 Å². The molecule has 0 radical (unpaired) electrons. The van der Waals surface area contributed by atoms with Gasteiger partial charge in [-0.25, -0.2) is 9.97 Å². The van der Waals surface area contributed by atoms with Crippen LogP contribution in [0.2, 0.25) is 0 Å². The molecule has 0 saturated heterocycles. The Labute approximate surface area is 135 Å². The first kappa shape index (κ1) is 14.8. The first-order valence-electron chi connectivity index (χ1n) is 7.00. The van der Waals surface area contributed by atoms with E-state index in [2.05, 4.69) is 43.5 Å². The lowest BCUT2D eigenvalue weighted by molar-refractivity contribution is 0.134. The molecule has 0 amide bonds. The Morgan fingerprint density at radius 2 is 2.05 bits per heavy atom. The highest BCUT2D eigenvalue weighted by Crippen LogP contribution is 2.22. The van der Waals surface area contributed by atoms with E-state index in [-0.39, 0.29) is 12.4 Å². The van der Waals surface area contributed by atoms with E-state index in [1.54, 1.807) is 0 Å². The molecular weight excluding hydrogens is 300 g/mol. The van der Waals surface area contributed by atoms with Gasteiger partial charge >= 0.3 is 0 Å². The number of rotatable bonds is 3.